The first kappa shape index (κ1) is 11.0. The van der Waals surface area contributed by atoms with Gasteiger partial charge in [-0.2, -0.15) is 4.98 Å². The molecule has 0 bridgehead atoms. The Morgan fingerprint density at radius 2 is 2.31 bits per heavy atom. The molecule has 2 aromatic heterocycles. The Kier molecular flexibility index (Phi) is 3.47. The van der Waals surface area contributed by atoms with E-state index in [-0.39, 0.29) is 6.61 Å². The number of H-pyrrole nitrogens is 1. The van der Waals surface area contributed by atoms with Crippen LogP contribution >= 0.6 is 15.9 Å². The summed E-state index contributed by atoms with van der Waals surface area (Å²) >= 11 is 3.30. The number of aliphatic hydroxyl groups excluding tert-OH is 1. The Hall–Kier alpha value is -1.47. The monoisotopic (exact) mass is 283 g/mol. The van der Waals surface area contributed by atoms with E-state index in [1.165, 1.54) is 0 Å². The Morgan fingerprint density at radius 3 is 3.00 bits per heavy atom. The molecule has 0 amide bonds. The van der Waals surface area contributed by atoms with E-state index in [9.17, 15) is 0 Å². The molecule has 0 radical (unpaired) electrons. The van der Waals surface area contributed by atoms with Gasteiger partial charge >= 0.3 is 0 Å². The van der Waals surface area contributed by atoms with Crippen molar-refractivity contribution >= 4 is 27.7 Å². The van der Waals surface area contributed by atoms with Crippen LogP contribution in [0.2, 0.25) is 0 Å². The number of halogens is 1. The summed E-state index contributed by atoms with van der Waals surface area (Å²) in [6.07, 6.45) is 2.14. The van der Waals surface area contributed by atoms with Crippen molar-refractivity contribution in [2.45, 2.75) is 6.42 Å². The van der Waals surface area contributed by atoms with Crippen molar-refractivity contribution in [3.63, 3.8) is 0 Å². The van der Waals surface area contributed by atoms with Gasteiger partial charge in [-0.05, 0) is 28.1 Å². The zero-order chi connectivity index (χ0) is 11.4. The lowest BCUT2D eigenvalue weighted by atomic mass is 10.4. The first-order chi connectivity index (χ1) is 7.78. The highest BCUT2D eigenvalue weighted by Gasteiger charge is 2.03. The molecule has 0 aliphatic heterocycles. The van der Waals surface area contributed by atoms with Crippen LogP contribution in [0.3, 0.4) is 0 Å². The molecule has 0 atom stereocenters. The van der Waals surface area contributed by atoms with Crippen LogP contribution in [0.4, 0.5) is 11.8 Å². The van der Waals surface area contributed by atoms with Crippen molar-refractivity contribution in [3.8, 4) is 0 Å². The summed E-state index contributed by atoms with van der Waals surface area (Å²) in [5.41, 5.74) is 0. The summed E-state index contributed by atoms with van der Waals surface area (Å²) in [5.74, 6) is 1.75. The lowest BCUT2D eigenvalue weighted by molar-refractivity contribution is 0.297. The minimum Gasteiger partial charge on any atom is -0.396 e. The van der Waals surface area contributed by atoms with E-state index in [1.807, 2.05) is 12.1 Å². The van der Waals surface area contributed by atoms with Crippen molar-refractivity contribution in [2.24, 2.45) is 0 Å². The van der Waals surface area contributed by atoms with Gasteiger partial charge in [-0.25, -0.2) is 4.98 Å². The first-order valence-electron chi connectivity index (χ1n) is 4.68. The Labute approximate surface area is 100 Å². The highest BCUT2D eigenvalue weighted by Crippen LogP contribution is 2.13. The average molecular weight is 284 g/mol. The molecule has 3 N–H and O–H groups in total. The molecule has 84 valence electrons. The number of hydrogen-bond donors (Lipinski definition) is 3. The highest BCUT2D eigenvalue weighted by atomic mass is 79.9. The number of nitrogens with one attached hydrogen (secondary N) is 2. The normalized spacial score (nSPS) is 10.4. The summed E-state index contributed by atoms with van der Waals surface area (Å²) in [6.45, 7) is 0.0468. The number of aliphatic hydroxyl groups is 1. The quantitative estimate of drug-likeness (QED) is 0.786. The molecule has 0 aliphatic rings. The van der Waals surface area contributed by atoms with Crippen LogP contribution in [0.5, 0.6) is 0 Å². The number of anilines is 2. The van der Waals surface area contributed by atoms with E-state index in [1.54, 1.807) is 6.20 Å². The molecule has 0 aliphatic carbocycles. The van der Waals surface area contributed by atoms with Gasteiger partial charge in [-0.3, -0.25) is 5.10 Å². The zero-order valence-corrected chi connectivity index (χ0v) is 9.90. The maximum atomic E-state index is 8.72. The highest BCUT2D eigenvalue weighted by molar-refractivity contribution is 9.10. The standard InChI is InChI=1S/C9H10BrN5O/c10-6-1-2-7(11-5-6)12-9-13-8(3-4-16)14-15-9/h1-2,5,16H,3-4H2,(H2,11,12,13,14,15). The van der Waals surface area contributed by atoms with E-state index in [4.69, 9.17) is 5.11 Å². The van der Waals surface area contributed by atoms with Crippen LogP contribution in [0.1, 0.15) is 5.82 Å². The maximum Gasteiger partial charge on any atom is 0.247 e. The number of nitrogens with zero attached hydrogens (tertiary/aromatic N) is 3. The maximum absolute atomic E-state index is 8.72. The number of pyridine rings is 1. The van der Waals surface area contributed by atoms with Gasteiger partial charge in [0.15, 0.2) is 0 Å². The van der Waals surface area contributed by atoms with E-state index >= 15 is 0 Å². The van der Waals surface area contributed by atoms with Gasteiger partial charge in [0.05, 0.1) is 6.61 Å². The summed E-state index contributed by atoms with van der Waals surface area (Å²) < 4.78 is 0.911. The van der Waals surface area contributed by atoms with Crippen molar-refractivity contribution in [1.29, 1.82) is 0 Å². The molecule has 0 saturated heterocycles. The van der Waals surface area contributed by atoms with Crippen molar-refractivity contribution in [2.75, 3.05) is 11.9 Å². The van der Waals surface area contributed by atoms with Gasteiger partial charge in [-0.15, -0.1) is 5.10 Å². The third-order valence-corrected chi connectivity index (χ3v) is 2.32. The molecular weight excluding hydrogens is 274 g/mol. The van der Waals surface area contributed by atoms with Gasteiger partial charge in [0.25, 0.3) is 0 Å². The van der Waals surface area contributed by atoms with E-state index in [0.29, 0.717) is 24.0 Å². The predicted octanol–water partition coefficient (Wildman–Crippen LogP) is 1.24. The first-order valence-corrected chi connectivity index (χ1v) is 5.48. The second kappa shape index (κ2) is 5.04. The van der Waals surface area contributed by atoms with Crippen molar-refractivity contribution in [3.05, 3.63) is 28.6 Å². The molecule has 16 heavy (non-hydrogen) atoms. The summed E-state index contributed by atoms with van der Waals surface area (Å²) in [5, 5.41) is 18.3. The average Bonchev–Trinajstić information content (AvgIpc) is 2.70. The molecule has 0 spiro atoms. The number of rotatable bonds is 4. The Balaban J connectivity index is 2.05. The summed E-state index contributed by atoms with van der Waals surface area (Å²) in [4.78, 5) is 8.26. The van der Waals surface area contributed by atoms with Crippen LogP contribution in [0.15, 0.2) is 22.8 Å². The van der Waals surface area contributed by atoms with Crippen LogP contribution in [0, 0.1) is 0 Å². The number of aromatic amines is 1. The SMILES string of the molecule is OCCc1nc(Nc2ccc(Br)cn2)n[nH]1. The van der Waals surface area contributed by atoms with Gasteiger partial charge in [0, 0.05) is 17.1 Å². The molecule has 0 fully saturated rings. The third-order valence-electron chi connectivity index (χ3n) is 1.85. The van der Waals surface area contributed by atoms with E-state index in [2.05, 4.69) is 41.4 Å². The Bertz CT molecular complexity index is 455. The van der Waals surface area contributed by atoms with Crippen LogP contribution < -0.4 is 5.32 Å². The molecule has 2 aromatic rings. The minimum atomic E-state index is 0.0468. The molecule has 6 nitrogen and oxygen atoms in total. The molecule has 0 unspecified atom stereocenters. The molecular formula is C9H10BrN5O. The predicted molar refractivity (Wildman–Crippen MR) is 62.4 cm³/mol. The molecule has 0 saturated carbocycles. The lowest BCUT2D eigenvalue weighted by Gasteiger charge is -1.99. The number of aromatic nitrogens is 4. The second-order valence-corrected chi connectivity index (χ2v) is 3.98. The molecule has 7 heteroatoms. The topological polar surface area (TPSA) is 86.7 Å². The largest absolute Gasteiger partial charge is 0.396 e. The van der Waals surface area contributed by atoms with Gasteiger partial charge in [0.1, 0.15) is 11.6 Å². The Morgan fingerprint density at radius 1 is 1.44 bits per heavy atom. The van der Waals surface area contributed by atoms with Crippen LogP contribution in [0.25, 0.3) is 0 Å². The van der Waals surface area contributed by atoms with Crippen LogP contribution in [-0.4, -0.2) is 31.9 Å². The second-order valence-electron chi connectivity index (χ2n) is 3.07. The summed E-state index contributed by atoms with van der Waals surface area (Å²) in [7, 11) is 0. The summed E-state index contributed by atoms with van der Waals surface area (Å²) in [6, 6.07) is 3.68. The fourth-order valence-corrected chi connectivity index (χ4v) is 1.37. The van der Waals surface area contributed by atoms with Crippen molar-refractivity contribution in [1.82, 2.24) is 20.2 Å². The van der Waals surface area contributed by atoms with E-state index in [0.717, 1.165) is 4.47 Å². The molecule has 2 rings (SSSR count). The molecule has 2 heterocycles. The van der Waals surface area contributed by atoms with Crippen LogP contribution in [-0.2, 0) is 6.42 Å². The van der Waals surface area contributed by atoms with Gasteiger partial charge in [0.2, 0.25) is 5.95 Å². The van der Waals surface area contributed by atoms with Gasteiger partial charge < -0.3 is 10.4 Å². The third kappa shape index (κ3) is 2.77. The minimum absolute atomic E-state index is 0.0468. The number of hydrogen-bond acceptors (Lipinski definition) is 5. The molecule has 0 aromatic carbocycles. The zero-order valence-electron chi connectivity index (χ0n) is 8.31. The van der Waals surface area contributed by atoms with Crippen molar-refractivity contribution < 1.29 is 5.11 Å². The fraction of sp³-hybridized carbons (Fsp3) is 0.222. The fourth-order valence-electron chi connectivity index (χ4n) is 1.13. The van der Waals surface area contributed by atoms with E-state index < -0.39 is 0 Å². The van der Waals surface area contributed by atoms with Gasteiger partial charge in [-0.1, -0.05) is 0 Å². The smallest absolute Gasteiger partial charge is 0.247 e. The lowest BCUT2D eigenvalue weighted by Crippen LogP contribution is -1.95.